The number of aliphatic hydroxyl groups excluding tert-OH is 6. The van der Waals surface area contributed by atoms with Crippen LogP contribution in [-0.4, -0.2) is 94.6 Å². The lowest BCUT2D eigenvalue weighted by Crippen LogP contribution is -2.58. The van der Waals surface area contributed by atoms with Crippen LogP contribution in [0, 0.1) is 5.41 Å². The fourth-order valence-corrected chi connectivity index (χ4v) is 2.56. The summed E-state index contributed by atoms with van der Waals surface area (Å²) in [6, 6.07) is 0. The molecule has 24 heavy (non-hydrogen) atoms. The van der Waals surface area contributed by atoms with Gasteiger partial charge in [0.1, 0.15) is 24.9 Å². The average Bonchev–Trinajstić information content (AvgIpc) is 2.59. The van der Waals surface area contributed by atoms with E-state index in [1.807, 2.05) is 0 Å². The van der Waals surface area contributed by atoms with Gasteiger partial charge >= 0.3 is 0 Å². The summed E-state index contributed by atoms with van der Waals surface area (Å²) < 4.78 is 20.7. The van der Waals surface area contributed by atoms with E-state index in [1.165, 1.54) is 14.0 Å². The van der Waals surface area contributed by atoms with Gasteiger partial charge in [-0.15, -0.1) is 0 Å². The Hall–Kier alpha value is -0.980. The summed E-state index contributed by atoms with van der Waals surface area (Å²) >= 11 is 0. The molecular formula is C14H24O10. The fraction of sp³-hybridized carbons (Fsp3) is 0.857. The predicted molar refractivity (Wildman–Crippen MR) is 76.0 cm³/mol. The summed E-state index contributed by atoms with van der Waals surface area (Å²) in [5.41, 5.74) is -1.07. The van der Waals surface area contributed by atoms with Crippen molar-refractivity contribution in [1.82, 2.24) is 0 Å². The number of methoxy groups -OCH3 is 1. The van der Waals surface area contributed by atoms with E-state index in [2.05, 4.69) is 0 Å². The van der Waals surface area contributed by atoms with Gasteiger partial charge in [-0.3, -0.25) is 0 Å². The average molecular weight is 352 g/mol. The molecule has 2 rings (SSSR count). The molecule has 0 aromatic heterocycles. The van der Waals surface area contributed by atoms with Crippen molar-refractivity contribution < 1.29 is 49.6 Å². The Morgan fingerprint density at radius 3 is 2.33 bits per heavy atom. The van der Waals surface area contributed by atoms with Gasteiger partial charge < -0.3 is 49.6 Å². The highest BCUT2D eigenvalue weighted by atomic mass is 16.7. The van der Waals surface area contributed by atoms with E-state index >= 15 is 0 Å². The maximum absolute atomic E-state index is 10.1. The largest absolute Gasteiger partial charge is 0.460 e. The minimum atomic E-state index is -1.59. The SMILES string of the molecule is CO[C@@H]1OC(CO)=C(O[C@@H]2OC[C@](C)(CO)C(O)C2O)C(O)C1O. The van der Waals surface area contributed by atoms with Gasteiger partial charge in [0.2, 0.25) is 12.6 Å². The van der Waals surface area contributed by atoms with Crippen LogP contribution in [0.2, 0.25) is 0 Å². The third-order valence-electron chi connectivity index (χ3n) is 4.28. The highest BCUT2D eigenvalue weighted by Gasteiger charge is 2.49. The standard InChI is InChI=1S/C14H24O10/c1-14(4-16)5-22-13(9(19)11(14)20)24-10-6(3-15)23-12(21-2)8(18)7(10)17/h7-9,11-13,15-20H,3-5H2,1-2H3/t7?,8?,9?,11?,12-,13+,14+/m1/s1. The number of hydrogen-bond donors (Lipinski definition) is 6. The molecule has 7 atom stereocenters. The van der Waals surface area contributed by atoms with Crippen LogP contribution >= 0.6 is 0 Å². The van der Waals surface area contributed by atoms with Crippen LogP contribution < -0.4 is 0 Å². The monoisotopic (exact) mass is 352 g/mol. The second-order valence-corrected chi connectivity index (χ2v) is 6.15. The molecule has 10 heteroatoms. The van der Waals surface area contributed by atoms with Gasteiger partial charge in [-0.25, -0.2) is 0 Å². The van der Waals surface area contributed by atoms with Gasteiger partial charge in [0.25, 0.3) is 0 Å². The molecule has 1 saturated heterocycles. The van der Waals surface area contributed by atoms with E-state index in [9.17, 15) is 30.6 Å². The molecule has 140 valence electrons. The zero-order valence-electron chi connectivity index (χ0n) is 13.4. The van der Waals surface area contributed by atoms with Crippen LogP contribution in [0.25, 0.3) is 0 Å². The highest BCUT2D eigenvalue weighted by Crippen LogP contribution is 2.34. The Morgan fingerprint density at radius 2 is 1.79 bits per heavy atom. The molecule has 0 aromatic carbocycles. The van der Waals surface area contributed by atoms with E-state index in [4.69, 9.17) is 18.9 Å². The second-order valence-electron chi connectivity index (χ2n) is 6.15. The normalized spacial score (nSPS) is 43.5. The van der Waals surface area contributed by atoms with Gasteiger partial charge in [-0.1, -0.05) is 6.92 Å². The van der Waals surface area contributed by atoms with E-state index < -0.39 is 55.6 Å². The molecule has 0 aromatic rings. The first-order valence-electron chi connectivity index (χ1n) is 7.43. The molecular weight excluding hydrogens is 328 g/mol. The van der Waals surface area contributed by atoms with Crippen LogP contribution in [-0.2, 0) is 18.9 Å². The fourth-order valence-electron chi connectivity index (χ4n) is 2.56. The van der Waals surface area contributed by atoms with Gasteiger partial charge in [-0.05, 0) is 0 Å². The van der Waals surface area contributed by atoms with E-state index in [-0.39, 0.29) is 18.1 Å². The van der Waals surface area contributed by atoms with Crippen LogP contribution in [0.3, 0.4) is 0 Å². The van der Waals surface area contributed by atoms with Crippen molar-refractivity contribution >= 4 is 0 Å². The van der Waals surface area contributed by atoms with Crippen molar-refractivity contribution in [3.8, 4) is 0 Å². The number of aliphatic hydroxyl groups is 6. The number of rotatable bonds is 5. The van der Waals surface area contributed by atoms with Crippen molar-refractivity contribution in [2.75, 3.05) is 26.9 Å². The molecule has 0 bridgehead atoms. The smallest absolute Gasteiger partial charge is 0.228 e. The molecule has 1 fully saturated rings. The Kier molecular flexibility index (Phi) is 6.04. The number of ether oxygens (including phenoxy) is 4. The highest BCUT2D eigenvalue weighted by molar-refractivity contribution is 5.14. The van der Waals surface area contributed by atoms with Gasteiger partial charge in [-0.2, -0.15) is 0 Å². The van der Waals surface area contributed by atoms with Crippen molar-refractivity contribution in [2.45, 2.75) is 43.9 Å². The third-order valence-corrected chi connectivity index (χ3v) is 4.28. The van der Waals surface area contributed by atoms with Gasteiger partial charge in [0, 0.05) is 12.5 Å². The molecule has 6 N–H and O–H groups in total. The Balaban J connectivity index is 2.18. The second kappa shape index (κ2) is 7.50. The minimum absolute atomic E-state index is 0.117. The third kappa shape index (κ3) is 3.37. The lowest BCUT2D eigenvalue weighted by atomic mass is 9.81. The zero-order valence-corrected chi connectivity index (χ0v) is 13.4. The zero-order chi connectivity index (χ0) is 18.1. The summed E-state index contributed by atoms with van der Waals surface area (Å²) in [6.45, 7) is 0.344. The molecule has 0 spiro atoms. The molecule has 0 saturated carbocycles. The lowest BCUT2D eigenvalue weighted by Gasteiger charge is -2.44. The topological polar surface area (TPSA) is 158 Å². The molecule has 2 heterocycles. The summed E-state index contributed by atoms with van der Waals surface area (Å²) in [7, 11) is 1.25. The molecule has 4 unspecified atom stereocenters. The van der Waals surface area contributed by atoms with Gasteiger partial charge in [0.15, 0.2) is 11.5 Å². The maximum atomic E-state index is 10.1. The summed E-state index contributed by atoms with van der Waals surface area (Å²) in [5.74, 6) is -0.525. The molecule has 0 radical (unpaired) electrons. The van der Waals surface area contributed by atoms with Crippen LogP contribution in [0.4, 0.5) is 0 Å². The molecule has 2 aliphatic heterocycles. The Bertz CT molecular complexity index is 468. The van der Waals surface area contributed by atoms with E-state index in [1.54, 1.807) is 0 Å². The first-order valence-corrected chi connectivity index (χ1v) is 7.43. The predicted octanol–water partition coefficient (Wildman–Crippen LogP) is -2.99. The minimum Gasteiger partial charge on any atom is -0.460 e. The molecule has 0 aliphatic carbocycles. The first kappa shape index (κ1) is 19.3. The number of hydrogen-bond acceptors (Lipinski definition) is 10. The quantitative estimate of drug-likeness (QED) is 0.301. The van der Waals surface area contributed by atoms with Crippen LogP contribution in [0.1, 0.15) is 6.92 Å². The van der Waals surface area contributed by atoms with Crippen molar-refractivity contribution in [3.05, 3.63) is 11.5 Å². The lowest BCUT2D eigenvalue weighted by molar-refractivity contribution is -0.285. The van der Waals surface area contributed by atoms with E-state index in [0.29, 0.717) is 0 Å². The van der Waals surface area contributed by atoms with Crippen molar-refractivity contribution in [3.63, 3.8) is 0 Å². The van der Waals surface area contributed by atoms with Crippen molar-refractivity contribution in [2.24, 2.45) is 5.41 Å². The molecule has 0 amide bonds. The molecule has 10 nitrogen and oxygen atoms in total. The first-order chi connectivity index (χ1) is 11.3. The molecule has 2 aliphatic rings. The van der Waals surface area contributed by atoms with Crippen LogP contribution in [0.15, 0.2) is 11.5 Å². The summed E-state index contributed by atoms with van der Waals surface area (Å²) in [4.78, 5) is 0. The summed E-state index contributed by atoms with van der Waals surface area (Å²) in [5, 5.41) is 59.0. The van der Waals surface area contributed by atoms with Crippen LogP contribution in [0.5, 0.6) is 0 Å². The van der Waals surface area contributed by atoms with Gasteiger partial charge in [0.05, 0.1) is 19.3 Å². The van der Waals surface area contributed by atoms with E-state index in [0.717, 1.165) is 0 Å². The summed E-state index contributed by atoms with van der Waals surface area (Å²) in [6.07, 6.45) is -8.56. The Morgan fingerprint density at radius 1 is 1.12 bits per heavy atom. The maximum Gasteiger partial charge on any atom is 0.228 e. The van der Waals surface area contributed by atoms with Crippen molar-refractivity contribution in [1.29, 1.82) is 0 Å². The Labute approximate surface area is 138 Å².